The molecule has 2 rings (SSSR count). The van der Waals surface area contributed by atoms with Gasteiger partial charge in [-0.1, -0.05) is 13.0 Å². The van der Waals surface area contributed by atoms with Gasteiger partial charge in [0.25, 0.3) is 0 Å². The van der Waals surface area contributed by atoms with E-state index in [4.69, 9.17) is 9.47 Å². The Labute approximate surface area is 124 Å². The predicted octanol–water partition coefficient (Wildman–Crippen LogP) is 2.79. The van der Waals surface area contributed by atoms with Gasteiger partial charge in [-0.3, -0.25) is 0 Å². The fourth-order valence-corrected chi connectivity index (χ4v) is 2.86. The maximum absolute atomic E-state index is 12.2. The first kappa shape index (κ1) is 15.5. The first-order chi connectivity index (χ1) is 9.40. The van der Waals surface area contributed by atoms with Crippen molar-refractivity contribution in [3.05, 3.63) is 23.8 Å². The lowest BCUT2D eigenvalue weighted by Gasteiger charge is -2.27. The Kier molecular flexibility index (Phi) is 4.83. The Hall–Kier alpha value is -0.910. The van der Waals surface area contributed by atoms with E-state index in [0.717, 1.165) is 24.3 Å². The minimum atomic E-state index is -1.05. The van der Waals surface area contributed by atoms with Crippen LogP contribution >= 0.6 is 0 Å². The fourth-order valence-electron chi connectivity index (χ4n) is 1.95. The molecule has 2 atom stereocenters. The second-order valence-electron chi connectivity index (χ2n) is 6.00. The van der Waals surface area contributed by atoms with Gasteiger partial charge in [-0.15, -0.1) is 4.72 Å². The minimum Gasteiger partial charge on any atom is -0.598 e. The number of benzene rings is 1. The summed E-state index contributed by atoms with van der Waals surface area (Å²) in [5, 5.41) is 0. The van der Waals surface area contributed by atoms with Crippen LogP contribution in [0.25, 0.3) is 0 Å². The van der Waals surface area contributed by atoms with Crippen molar-refractivity contribution in [2.45, 2.75) is 51.3 Å². The molecule has 112 valence electrons. The third kappa shape index (κ3) is 3.81. The van der Waals surface area contributed by atoms with E-state index in [1.807, 2.05) is 39.0 Å². The van der Waals surface area contributed by atoms with Crippen LogP contribution in [0.15, 0.2) is 18.2 Å². The first-order valence-corrected chi connectivity index (χ1v) is 8.11. The molecule has 20 heavy (non-hydrogen) atoms. The third-order valence-corrected chi connectivity index (χ3v) is 4.90. The summed E-state index contributed by atoms with van der Waals surface area (Å²) in [5.74, 6) is 1.60. The number of fused-ring (bicyclic) bond motifs is 1. The molecule has 0 spiro atoms. The van der Waals surface area contributed by atoms with E-state index in [1.54, 1.807) is 0 Å². The van der Waals surface area contributed by atoms with Crippen molar-refractivity contribution >= 4 is 11.4 Å². The molecule has 0 amide bonds. The molecule has 1 heterocycles. The Balaban J connectivity index is 1.99. The van der Waals surface area contributed by atoms with Gasteiger partial charge in [0.15, 0.2) is 11.5 Å². The molecular weight excluding hydrogens is 274 g/mol. The number of hydrogen-bond acceptors (Lipinski definition) is 4. The van der Waals surface area contributed by atoms with Crippen LogP contribution in [0.4, 0.5) is 0 Å². The highest BCUT2D eigenvalue weighted by atomic mass is 32.2. The summed E-state index contributed by atoms with van der Waals surface area (Å²) in [6, 6.07) is 6.17. The SMILES string of the molecule is CC[C@H](Cc1ccc2c(c1)OCO2)N[S+]([O-])C(C)(C)C. The summed E-state index contributed by atoms with van der Waals surface area (Å²) in [7, 11) is 0. The van der Waals surface area contributed by atoms with Crippen LogP contribution in [0.1, 0.15) is 39.7 Å². The van der Waals surface area contributed by atoms with Gasteiger partial charge in [0.1, 0.15) is 4.75 Å². The van der Waals surface area contributed by atoms with E-state index >= 15 is 0 Å². The van der Waals surface area contributed by atoms with Gasteiger partial charge in [0, 0.05) is 11.4 Å². The summed E-state index contributed by atoms with van der Waals surface area (Å²) < 4.78 is 25.8. The first-order valence-electron chi connectivity index (χ1n) is 6.96. The van der Waals surface area contributed by atoms with Crippen molar-refractivity contribution < 1.29 is 14.0 Å². The van der Waals surface area contributed by atoms with Gasteiger partial charge in [-0.2, -0.15) is 0 Å². The van der Waals surface area contributed by atoms with Crippen LogP contribution in [-0.2, 0) is 17.8 Å². The smallest absolute Gasteiger partial charge is 0.231 e. The number of nitrogens with one attached hydrogen (secondary N) is 1. The van der Waals surface area contributed by atoms with Gasteiger partial charge in [0.2, 0.25) is 6.79 Å². The Bertz CT molecular complexity index is 459. The predicted molar refractivity (Wildman–Crippen MR) is 81.4 cm³/mol. The van der Waals surface area contributed by atoms with Gasteiger partial charge < -0.3 is 14.0 Å². The van der Waals surface area contributed by atoms with Crippen LogP contribution in [0, 0.1) is 0 Å². The van der Waals surface area contributed by atoms with Gasteiger partial charge >= 0.3 is 0 Å². The molecule has 1 unspecified atom stereocenters. The summed E-state index contributed by atoms with van der Waals surface area (Å²) in [6.45, 7) is 8.32. The molecule has 0 radical (unpaired) electrons. The van der Waals surface area contributed by atoms with Crippen LogP contribution in [0.5, 0.6) is 11.5 Å². The molecule has 0 bridgehead atoms. The second-order valence-corrected chi connectivity index (χ2v) is 7.99. The monoisotopic (exact) mass is 297 g/mol. The molecule has 1 aromatic rings. The maximum Gasteiger partial charge on any atom is 0.231 e. The minimum absolute atomic E-state index is 0.190. The van der Waals surface area contributed by atoms with Crippen molar-refractivity contribution in [1.29, 1.82) is 0 Å². The summed E-state index contributed by atoms with van der Waals surface area (Å²) in [5.41, 5.74) is 1.17. The quantitative estimate of drug-likeness (QED) is 0.849. The Morgan fingerprint density at radius 1 is 1.30 bits per heavy atom. The third-order valence-electron chi connectivity index (χ3n) is 3.24. The normalized spacial score (nSPS) is 17.1. The van der Waals surface area contributed by atoms with Gasteiger partial charge in [-0.05, 0) is 51.3 Å². The number of hydrogen-bond donors (Lipinski definition) is 1. The lowest BCUT2D eigenvalue weighted by Crippen LogP contribution is -2.45. The van der Waals surface area contributed by atoms with E-state index in [9.17, 15) is 4.55 Å². The molecule has 1 aliphatic rings. The Morgan fingerprint density at radius 2 is 2.00 bits per heavy atom. The van der Waals surface area contributed by atoms with Crippen LogP contribution in [0.3, 0.4) is 0 Å². The molecule has 0 aliphatic carbocycles. The lowest BCUT2D eigenvalue weighted by atomic mass is 10.0. The van der Waals surface area contributed by atoms with Crippen molar-refractivity contribution in [2.24, 2.45) is 0 Å². The van der Waals surface area contributed by atoms with E-state index in [1.165, 1.54) is 5.56 Å². The van der Waals surface area contributed by atoms with Crippen molar-refractivity contribution in [1.82, 2.24) is 4.72 Å². The molecule has 5 heteroatoms. The lowest BCUT2D eigenvalue weighted by molar-refractivity contribution is 0.174. The highest BCUT2D eigenvalue weighted by Crippen LogP contribution is 2.33. The molecule has 1 aliphatic heterocycles. The zero-order chi connectivity index (χ0) is 14.8. The van der Waals surface area contributed by atoms with E-state index in [-0.39, 0.29) is 10.8 Å². The number of ether oxygens (including phenoxy) is 2. The van der Waals surface area contributed by atoms with Crippen molar-refractivity contribution in [3.63, 3.8) is 0 Å². The molecule has 0 saturated carbocycles. The summed E-state index contributed by atoms with van der Waals surface area (Å²) in [4.78, 5) is 0. The molecule has 0 aromatic heterocycles. The van der Waals surface area contributed by atoms with Crippen molar-refractivity contribution in [2.75, 3.05) is 6.79 Å². The average molecular weight is 297 g/mol. The molecule has 0 fully saturated rings. The Morgan fingerprint density at radius 3 is 2.65 bits per heavy atom. The standard InChI is InChI=1S/C15H23NO3S/c1-5-12(16-20(17)15(2,3)4)8-11-6-7-13-14(9-11)19-10-18-13/h6-7,9,12,16H,5,8,10H2,1-4H3/t12-,20?/m1/s1. The van der Waals surface area contributed by atoms with Crippen LogP contribution < -0.4 is 14.2 Å². The second kappa shape index (κ2) is 6.24. The summed E-state index contributed by atoms with van der Waals surface area (Å²) in [6.07, 6.45) is 1.76. The van der Waals surface area contributed by atoms with Gasteiger partial charge in [0.05, 0.1) is 6.04 Å². The average Bonchev–Trinajstić information content (AvgIpc) is 2.84. The van der Waals surface area contributed by atoms with E-state index < -0.39 is 11.4 Å². The fraction of sp³-hybridized carbons (Fsp3) is 0.600. The van der Waals surface area contributed by atoms with Crippen LogP contribution in [-0.4, -0.2) is 22.1 Å². The van der Waals surface area contributed by atoms with Crippen LogP contribution in [0.2, 0.25) is 0 Å². The molecule has 1 N–H and O–H groups in total. The maximum atomic E-state index is 12.2. The topological polar surface area (TPSA) is 53.5 Å². The number of rotatable bonds is 5. The highest BCUT2D eigenvalue weighted by molar-refractivity contribution is 7.90. The van der Waals surface area contributed by atoms with E-state index in [2.05, 4.69) is 11.6 Å². The molecule has 0 saturated heterocycles. The molecule has 1 aromatic carbocycles. The zero-order valence-corrected chi connectivity index (χ0v) is 13.4. The largest absolute Gasteiger partial charge is 0.598 e. The van der Waals surface area contributed by atoms with E-state index in [0.29, 0.717) is 6.79 Å². The van der Waals surface area contributed by atoms with Crippen molar-refractivity contribution in [3.8, 4) is 11.5 Å². The summed E-state index contributed by atoms with van der Waals surface area (Å²) >= 11 is -1.05. The molecular formula is C15H23NO3S. The van der Waals surface area contributed by atoms with Gasteiger partial charge in [-0.25, -0.2) is 0 Å². The molecule has 4 nitrogen and oxygen atoms in total. The highest BCUT2D eigenvalue weighted by Gasteiger charge is 2.28. The zero-order valence-electron chi connectivity index (χ0n) is 12.6.